The largest absolute Gasteiger partial charge is 0.490 e. The second kappa shape index (κ2) is 7.79. The fraction of sp³-hybridized carbons (Fsp3) is 0.381. The van der Waals surface area contributed by atoms with Gasteiger partial charge in [-0.3, -0.25) is 4.79 Å². The molecule has 27 heavy (non-hydrogen) atoms. The number of hydrogen-bond acceptors (Lipinski definition) is 4. The maximum atomic E-state index is 13.4. The summed E-state index contributed by atoms with van der Waals surface area (Å²) in [5, 5.41) is 3.66. The lowest BCUT2D eigenvalue weighted by Crippen LogP contribution is -2.45. The fourth-order valence-corrected chi connectivity index (χ4v) is 4.00. The SMILES string of the molecule is O=C(Nc1ccc2c(c1)OCCCO2)C1(c2ccccc2Cl)CCOCC1. The molecule has 0 aromatic heterocycles. The van der Waals surface area contributed by atoms with Crippen molar-refractivity contribution < 1.29 is 19.0 Å². The smallest absolute Gasteiger partial charge is 0.235 e. The second-order valence-corrected chi connectivity index (χ2v) is 7.25. The number of ether oxygens (including phenoxy) is 3. The number of fused-ring (bicyclic) bond motifs is 1. The molecule has 6 heteroatoms. The summed E-state index contributed by atoms with van der Waals surface area (Å²) in [6, 6.07) is 13.0. The molecular formula is C21H22ClNO4. The van der Waals surface area contributed by atoms with Gasteiger partial charge in [-0.25, -0.2) is 0 Å². The van der Waals surface area contributed by atoms with Gasteiger partial charge >= 0.3 is 0 Å². The molecule has 0 aliphatic carbocycles. The van der Waals surface area contributed by atoms with Gasteiger partial charge in [0.05, 0.1) is 18.6 Å². The van der Waals surface area contributed by atoms with Crippen molar-refractivity contribution in [3.8, 4) is 11.5 Å². The summed E-state index contributed by atoms with van der Waals surface area (Å²) in [5.74, 6) is 1.29. The Kier molecular flexibility index (Phi) is 5.23. The highest BCUT2D eigenvalue weighted by atomic mass is 35.5. The number of hydrogen-bond donors (Lipinski definition) is 1. The van der Waals surface area contributed by atoms with Crippen LogP contribution in [-0.4, -0.2) is 32.3 Å². The monoisotopic (exact) mass is 387 g/mol. The molecule has 4 rings (SSSR count). The van der Waals surface area contributed by atoms with E-state index in [1.165, 1.54) is 0 Å². The lowest BCUT2D eigenvalue weighted by Gasteiger charge is -2.36. The van der Waals surface area contributed by atoms with Crippen molar-refractivity contribution in [1.29, 1.82) is 0 Å². The van der Waals surface area contributed by atoms with Crippen LogP contribution in [0.2, 0.25) is 5.02 Å². The van der Waals surface area contributed by atoms with Gasteiger partial charge in [0.1, 0.15) is 0 Å². The summed E-state index contributed by atoms with van der Waals surface area (Å²) in [6.07, 6.45) is 2.02. The summed E-state index contributed by atoms with van der Waals surface area (Å²) >= 11 is 6.45. The molecule has 0 atom stereocenters. The van der Waals surface area contributed by atoms with Gasteiger partial charge in [0, 0.05) is 36.4 Å². The van der Waals surface area contributed by atoms with Gasteiger partial charge in [0.25, 0.3) is 0 Å². The first-order chi connectivity index (χ1) is 13.2. The molecule has 2 heterocycles. The Bertz CT molecular complexity index is 833. The van der Waals surface area contributed by atoms with E-state index in [0.29, 0.717) is 61.5 Å². The Hall–Kier alpha value is -2.24. The number of carbonyl (C=O) groups excluding carboxylic acids is 1. The molecular weight excluding hydrogens is 366 g/mol. The molecule has 1 saturated heterocycles. The average molecular weight is 388 g/mol. The van der Waals surface area contributed by atoms with Gasteiger partial charge in [-0.2, -0.15) is 0 Å². The Balaban J connectivity index is 1.63. The van der Waals surface area contributed by atoms with Crippen molar-refractivity contribution in [1.82, 2.24) is 0 Å². The Morgan fingerprint density at radius 2 is 1.70 bits per heavy atom. The first kappa shape index (κ1) is 18.1. The van der Waals surface area contributed by atoms with E-state index >= 15 is 0 Å². The number of nitrogens with one attached hydrogen (secondary N) is 1. The van der Waals surface area contributed by atoms with Gasteiger partial charge in [0.15, 0.2) is 11.5 Å². The van der Waals surface area contributed by atoms with Crippen molar-refractivity contribution in [2.75, 3.05) is 31.7 Å². The normalized spacial score (nSPS) is 18.4. The lowest BCUT2D eigenvalue weighted by atomic mass is 9.73. The van der Waals surface area contributed by atoms with Crippen LogP contribution in [0.4, 0.5) is 5.69 Å². The molecule has 142 valence electrons. The maximum Gasteiger partial charge on any atom is 0.235 e. The Morgan fingerprint density at radius 1 is 0.963 bits per heavy atom. The number of rotatable bonds is 3. The Morgan fingerprint density at radius 3 is 2.48 bits per heavy atom. The van der Waals surface area contributed by atoms with E-state index in [4.69, 9.17) is 25.8 Å². The van der Waals surface area contributed by atoms with Crippen LogP contribution in [0.3, 0.4) is 0 Å². The summed E-state index contributed by atoms with van der Waals surface area (Å²) in [5.41, 5.74) is 0.824. The fourth-order valence-electron chi connectivity index (χ4n) is 3.68. The standard InChI is InChI=1S/C21H22ClNO4/c22-17-5-2-1-4-16(17)21(8-12-25-13-9-21)20(24)23-15-6-7-18-19(14-15)27-11-3-10-26-18/h1-2,4-7,14H,3,8-13H2,(H,23,24). The Labute approximate surface area is 163 Å². The van der Waals surface area contributed by atoms with Crippen LogP contribution in [-0.2, 0) is 14.9 Å². The predicted molar refractivity (Wildman–Crippen MR) is 104 cm³/mol. The number of benzene rings is 2. The van der Waals surface area contributed by atoms with Crippen LogP contribution in [0.5, 0.6) is 11.5 Å². The van der Waals surface area contributed by atoms with Crippen LogP contribution in [0.25, 0.3) is 0 Å². The molecule has 2 aliphatic heterocycles. The van der Waals surface area contributed by atoms with Crippen LogP contribution in [0, 0.1) is 0 Å². The molecule has 2 aliphatic rings. The highest BCUT2D eigenvalue weighted by Crippen LogP contribution is 2.40. The minimum Gasteiger partial charge on any atom is -0.490 e. The molecule has 1 N–H and O–H groups in total. The minimum absolute atomic E-state index is 0.0756. The van der Waals surface area contributed by atoms with Crippen LogP contribution >= 0.6 is 11.6 Å². The minimum atomic E-state index is -0.708. The van der Waals surface area contributed by atoms with Crippen molar-refractivity contribution in [2.45, 2.75) is 24.7 Å². The van der Waals surface area contributed by atoms with E-state index in [-0.39, 0.29) is 5.91 Å². The van der Waals surface area contributed by atoms with Crippen molar-refractivity contribution in [3.05, 3.63) is 53.1 Å². The first-order valence-corrected chi connectivity index (χ1v) is 9.61. The molecule has 1 fully saturated rings. The molecule has 5 nitrogen and oxygen atoms in total. The van der Waals surface area contributed by atoms with Crippen LogP contribution in [0.1, 0.15) is 24.8 Å². The van der Waals surface area contributed by atoms with Gasteiger partial charge in [-0.1, -0.05) is 29.8 Å². The molecule has 0 bridgehead atoms. The van der Waals surface area contributed by atoms with Gasteiger partial charge in [-0.15, -0.1) is 0 Å². The summed E-state index contributed by atoms with van der Waals surface area (Å²) < 4.78 is 16.9. The van der Waals surface area contributed by atoms with Crippen molar-refractivity contribution >= 4 is 23.2 Å². The molecule has 0 unspecified atom stereocenters. The van der Waals surface area contributed by atoms with E-state index in [1.54, 1.807) is 0 Å². The molecule has 2 aromatic carbocycles. The lowest BCUT2D eigenvalue weighted by molar-refractivity contribution is -0.125. The summed E-state index contributed by atoms with van der Waals surface area (Å²) in [7, 11) is 0. The molecule has 2 aromatic rings. The molecule has 0 saturated carbocycles. The number of carbonyl (C=O) groups is 1. The third kappa shape index (κ3) is 3.62. The zero-order chi connectivity index (χ0) is 18.7. The van der Waals surface area contributed by atoms with Crippen molar-refractivity contribution in [2.24, 2.45) is 0 Å². The summed E-state index contributed by atoms with van der Waals surface area (Å²) in [4.78, 5) is 13.4. The van der Waals surface area contributed by atoms with E-state index in [1.807, 2.05) is 42.5 Å². The van der Waals surface area contributed by atoms with Gasteiger partial charge in [-0.05, 0) is 36.6 Å². The van der Waals surface area contributed by atoms with Crippen LogP contribution < -0.4 is 14.8 Å². The van der Waals surface area contributed by atoms with E-state index in [9.17, 15) is 4.79 Å². The van der Waals surface area contributed by atoms with E-state index in [0.717, 1.165) is 12.0 Å². The zero-order valence-corrected chi connectivity index (χ0v) is 15.8. The molecule has 0 radical (unpaired) electrons. The number of amides is 1. The molecule has 1 amide bonds. The van der Waals surface area contributed by atoms with E-state index in [2.05, 4.69) is 5.32 Å². The van der Waals surface area contributed by atoms with Crippen molar-refractivity contribution in [3.63, 3.8) is 0 Å². The number of halogens is 1. The highest BCUT2D eigenvalue weighted by Gasteiger charge is 2.43. The topological polar surface area (TPSA) is 56.8 Å². The quantitative estimate of drug-likeness (QED) is 0.858. The zero-order valence-electron chi connectivity index (χ0n) is 15.0. The third-order valence-electron chi connectivity index (χ3n) is 5.18. The maximum absolute atomic E-state index is 13.4. The average Bonchev–Trinajstić information content (AvgIpc) is 2.94. The molecule has 0 spiro atoms. The first-order valence-electron chi connectivity index (χ1n) is 9.23. The van der Waals surface area contributed by atoms with Crippen LogP contribution in [0.15, 0.2) is 42.5 Å². The van der Waals surface area contributed by atoms with Gasteiger partial charge in [0.2, 0.25) is 5.91 Å². The second-order valence-electron chi connectivity index (χ2n) is 6.84. The highest BCUT2D eigenvalue weighted by molar-refractivity contribution is 6.31. The van der Waals surface area contributed by atoms with Gasteiger partial charge < -0.3 is 19.5 Å². The van der Waals surface area contributed by atoms with E-state index < -0.39 is 5.41 Å². The predicted octanol–water partition coefficient (Wildman–Crippen LogP) is 4.19. The number of anilines is 1. The summed E-state index contributed by atoms with van der Waals surface area (Å²) in [6.45, 7) is 2.29. The third-order valence-corrected chi connectivity index (χ3v) is 5.51.